The Kier molecular flexibility index (Phi) is 5.32. The lowest BCUT2D eigenvalue weighted by atomic mass is 10.0. The normalized spacial score (nSPS) is 11.3. The molecule has 120 valence electrons. The summed E-state index contributed by atoms with van der Waals surface area (Å²) in [5, 5.41) is 2.39. The number of nitrogens with one attached hydrogen (secondary N) is 1. The van der Waals surface area contributed by atoms with Crippen LogP contribution >= 0.6 is 39.1 Å². The molecule has 0 bridgehead atoms. The summed E-state index contributed by atoms with van der Waals surface area (Å²) in [4.78, 5) is 3.49. The smallest absolute Gasteiger partial charge is 0.0662 e. The van der Waals surface area contributed by atoms with E-state index in [4.69, 9.17) is 28.9 Å². The van der Waals surface area contributed by atoms with Gasteiger partial charge < -0.3 is 10.7 Å². The lowest BCUT2D eigenvalue weighted by Gasteiger charge is -2.07. The molecule has 0 aliphatic heterocycles. The molecule has 0 saturated carbocycles. The number of H-pyrrole nitrogens is 1. The molecule has 3 rings (SSSR count). The highest BCUT2D eigenvalue weighted by Crippen LogP contribution is 2.38. The second-order valence-electron chi connectivity index (χ2n) is 5.51. The van der Waals surface area contributed by atoms with E-state index >= 15 is 0 Å². The van der Waals surface area contributed by atoms with Crippen molar-refractivity contribution in [1.29, 1.82) is 0 Å². The standard InChI is InChI=1S/C18H17BrCl2N2/c19-15-7-2-1-6-13(15)17-12(5-3-4-8-22)14-9-11(20)10-16(21)18(14)23-17/h1-2,6-7,9-10,23H,3-5,8,22H2. The molecular formula is C18H17BrCl2N2. The van der Waals surface area contributed by atoms with E-state index in [0.29, 0.717) is 16.6 Å². The Morgan fingerprint density at radius 1 is 1.09 bits per heavy atom. The van der Waals surface area contributed by atoms with E-state index in [9.17, 15) is 0 Å². The third-order valence-electron chi connectivity index (χ3n) is 3.96. The van der Waals surface area contributed by atoms with Gasteiger partial charge in [-0.05, 0) is 49.6 Å². The van der Waals surface area contributed by atoms with Crippen LogP contribution in [0.25, 0.3) is 22.2 Å². The molecule has 0 aliphatic carbocycles. The highest BCUT2D eigenvalue weighted by Gasteiger charge is 2.17. The minimum atomic E-state index is 0.644. The lowest BCUT2D eigenvalue weighted by Crippen LogP contribution is -1.99. The molecule has 23 heavy (non-hydrogen) atoms. The fourth-order valence-corrected chi connectivity index (χ4v) is 3.90. The second-order valence-corrected chi connectivity index (χ2v) is 7.21. The maximum absolute atomic E-state index is 6.39. The summed E-state index contributed by atoms with van der Waals surface area (Å²) in [5.74, 6) is 0. The Bertz CT molecular complexity index is 842. The van der Waals surface area contributed by atoms with Crippen molar-refractivity contribution in [1.82, 2.24) is 4.98 Å². The Balaban J connectivity index is 2.21. The Morgan fingerprint density at radius 3 is 2.61 bits per heavy atom. The number of aromatic amines is 1. The Hall–Kier alpha value is -1.00. The number of rotatable bonds is 5. The van der Waals surface area contributed by atoms with Gasteiger partial charge in [-0.3, -0.25) is 0 Å². The molecule has 3 N–H and O–H groups in total. The van der Waals surface area contributed by atoms with Crippen LogP contribution in [0.1, 0.15) is 18.4 Å². The molecule has 2 nitrogen and oxygen atoms in total. The number of nitrogens with two attached hydrogens (primary N) is 1. The first-order valence-electron chi connectivity index (χ1n) is 7.56. The fraction of sp³-hybridized carbons (Fsp3) is 0.222. The number of hydrogen-bond acceptors (Lipinski definition) is 1. The first-order valence-corrected chi connectivity index (χ1v) is 9.11. The zero-order valence-electron chi connectivity index (χ0n) is 12.5. The van der Waals surface area contributed by atoms with Crippen molar-refractivity contribution < 1.29 is 0 Å². The van der Waals surface area contributed by atoms with Crippen molar-refractivity contribution in [3.8, 4) is 11.3 Å². The zero-order valence-corrected chi connectivity index (χ0v) is 15.6. The summed E-state index contributed by atoms with van der Waals surface area (Å²) in [5.41, 5.74) is 10.0. The quantitative estimate of drug-likeness (QED) is 0.483. The lowest BCUT2D eigenvalue weighted by molar-refractivity contribution is 0.748. The number of aromatic nitrogens is 1. The van der Waals surface area contributed by atoms with E-state index < -0.39 is 0 Å². The van der Waals surface area contributed by atoms with Gasteiger partial charge in [-0.15, -0.1) is 0 Å². The molecule has 1 aromatic heterocycles. The Morgan fingerprint density at radius 2 is 1.87 bits per heavy atom. The van der Waals surface area contributed by atoms with E-state index in [-0.39, 0.29) is 0 Å². The third-order valence-corrected chi connectivity index (χ3v) is 5.16. The van der Waals surface area contributed by atoms with Crippen LogP contribution < -0.4 is 5.73 Å². The fourth-order valence-electron chi connectivity index (χ4n) is 2.87. The van der Waals surface area contributed by atoms with E-state index in [2.05, 4.69) is 27.0 Å². The van der Waals surface area contributed by atoms with Crippen LogP contribution in [0.2, 0.25) is 10.0 Å². The summed E-state index contributed by atoms with van der Waals surface area (Å²) in [6.07, 6.45) is 2.96. The summed E-state index contributed by atoms with van der Waals surface area (Å²) in [7, 11) is 0. The summed E-state index contributed by atoms with van der Waals surface area (Å²) < 4.78 is 1.05. The molecule has 0 aliphatic rings. The first-order chi connectivity index (χ1) is 11.1. The minimum absolute atomic E-state index is 0.644. The molecule has 0 amide bonds. The third kappa shape index (κ3) is 3.43. The molecule has 5 heteroatoms. The van der Waals surface area contributed by atoms with Crippen molar-refractivity contribution in [2.45, 2.75) is 19.3 Å². The van der Waals surface area contributed by atoms with Gasteiger partial charge in [-0.2, -0.15) is 0 Å². The van der Waals surface area contributed by atoms with Crippen LogP contribution in [0.15, 0.2) is 40.9 Å². The van der Waals surface area contributed by atoms with Gasteiger partial charge in [-0.25, -0.2) is 0 Å². The molecule has 1 heterocycles. The van der Waals surface area contributed by atoms with E-state index in [1.807, 2.05) is 24.3 Å². The van der Waals surface area contributed by atoms with Crippen molar-refractivity contribution in [3.63, 3.8) is 0 Å². The predicted octanol–water partition coefficient (Wildman–Crippen LogP) is 6.19. The molecule has 0 fully saturated rings. The summed E-state index contributed by atoms with van der Waals surface area (Å²) >= 11 is 16.2. The van der Waals surface area contributed by atoms with Crippen LogP contribution in [0.5, 0.6) is 0 Å². The number of aryl methyl sites for hydroxylation is 1. The van der Waals surface area contributed by atoms with Crippen LogP contribution in [0.4, 0.5) is 0 Å². The first kappa shape index (κ1) is 16.8. The van der Waals surface area contributed by atoms with Crippen molar-refractivity contribution in [3.05, 3.63) is 56.5 Å². The molecule has 0 spiro atoms. The monoisotopic (exact) mass is 410 g/mol. The number of benzene rings is 2. The average Bonchev–Trinajstić information content (AvgIpc) is 2.87. The van der Waals surface area contributed by atoms with Crippen molar-refractivity contribution >= 4 is 50.0 Å². The number of hydrogen-bond donors (Lipinski definition) is 2. The minimum Gasteiger partial charge on any atom is -0.353 e. The maximum atomic E-state index is 6.39. The summed E-state index contributed by atoms with van der Waals surface area (Å²) in [6.45, 7) is 0.703. The van der Waals surface area contributed by atoms with Gasteiger partial charge >= 0.3 is 0 Å². The van der Waals surface area contributed by atoms with Crippen LogP contribution in [-0.2, 0) is 6.42 Å². The highest BCUT2D eigenvalue weighted by atomic mass is 79.9. The predicted molar refractivity (Wildman–Crippen MR) is 103 cm³/mol. The SMILES string of the molecule is NCCCCc1c(-c2ccccc2Br)[nH]c2c(Cl)cc(Cl)cc12. The van der Waals surface area contributed by atoms with Gasteiger partial charge in [-0.1, -0.05) is 57.3 Å². The molecular weight excluding hydrogens is 395 g/mol. The largest absolute Gasteiger partial charge is 0.353 e. The highest BCUT2D eigenvalue weighted by molar-refractivity contribution is 9.10. The topological polar surface area (TPSA) is 41.8 Å². The zero-order chi connectivity index (χ0) is 16.4. The van der Waals surface area contributed by atoms with E-state index in [0.717, 1.165) is 45.9 Å². The van der Waals surface area contributed by atoms with E-state index in [1.165, 1.54) is 5.56 Å². The Labute approximate surface area is 154 Å². The molecule has 0 radical (unpaired) electrons. The van der Waals surface area contributed by atoms with Gasteiger partial charge in [0.1, 0.15) is 0 Å². The van der Waals surface area contributed by atoms with Gasteiger partial charge in [0.15, 0.2) is 0 Å². The van der Waals surface area contributed by atoms with Gasteiger partial charge in [0.05, 0.1) is 16.2 Å². The summed E-state index contributed by atoms with van der Waals surface area (Å²) in [6, 6.07) is 11.9. The van der Waals surface area contributed by atoms with Crippen LogP contribution in [0.3, 0.4) is 0 Å². The molecule has 0 unspecified atom stereocenters. The second kappa shape index (κ2) is 7.27. The molecule has 0 saturated heterocycles. The maximum Gasteiger partial charge on any atom is 0.0662 e. The van der Waals surface area contributed by atoms with Crippen LogP contribution in [0, 0.1) is 0 Å². The molecule has 0 atom stereocenters. The number of halogens is 3. The van der Waals surface area contributed by atoms with Gasteiger partial charge in [0.25, 0.3) is 0 Å². The average molecular weight is 412 g/mol. The number of unbranched alkanes of at least 4 members (excludes halogenated alkanes) is 1. The van der Waals surface area contributed by atoms with Crippen molar-refractivity contribution in [2.75, 3.05) is 6.54 Å². The molecule has 2 aromatic carbocycles. The van der Waals surface area contributed by atoms with Gasteiger partial charge in [0, 0.05) is 20.4 Å². The van der Waals surface area contributed by atoms with Crippen LogP contribution in [-0.4, -0.2) is 11.5 Å². The molecule has 3 aromatic rings. The van der Waals surface area contributed by atoms with Gasteiger partial charge in [0.2, 0.25) is 0 Å². The van der Waals surface area contributed by atoms with E-state index in [1.54, 1.807) is 6.07 Å². The van der Waals surface area contributed by atoms with Crippen molar-refractivity contribution in [2.24, 2.45) is 5.73 Å². The number of fused-ring (bicyclic) bond motifs is 1.